The van der Waals surface area contributed by atoms with Gasteiger partial charge in [-0.2, -0.15) is 0 Å². The third-order valence-corrected chi connectivity index (χ3v) is 4.55. The Labute approximate surface area is 169 Å². The van der Waals surface area contributed by atoms with E-state index in [1.807, 2.05) is 26.8 Å². The maximum atomic E-state index is 13.9. The van der Waals surface area contributed by atoms with Crippen molar-refractivity contribution in [2.45, 2.75) is 40.0 Å². The number of aliphatic carboxylic acids is 1. The lowest BCUT2D eigenvalue weighted by Crippen LogP contribution is -2.40. The highest BCUT2D eigenvalue weighted by atomic mass is 35.5. The van der Waals surface area contributed by atoms with Crippen LogP contribution in [0.5, 0.6) is 11.5 Å². The van der Waals surface area contributed by atoms with E-state index in [0.717, 1.165) is 5.56 Å². The quantitative estimate of drug-likeness (QED) is 0.597. The second-order valence-corrected chi connectivity index (χ2v) is 7.05. The Hall–Kier alpha value is -2.31. The predicted molar refractivity (Wildman–Crippen MR) is 106 cm³/mol. The van der Waals surface area contributed by atoms with Crippen molar-refractivity contribution in [3.63, 3.8) is 0 Å². The zero-order valence-electron chi connectivity index (χ0n) is 16.2. The van der Waals surface area contributed by atoms with Crippen molar-refractivity contribution < 1.29 is 23.8 Å². The molecule has 1 unspecified atom stereocenters. The van der Waals surface area contributed by atoms with Crippen LogP contribution in [0.2, 0.25) is 5.02 Å². The molecule has 0 saturated carbocycles. The molecule has 28 heavy (non-hydrogen) atoms. The smallest absolute Gasteiger partial charge is 0.320 e. The first-order chi connectivity index (χ1) is 13.3. The molecule has 0 spiro atoms. The maximum absolute atomic E-state index is 13.9. The average Bonchev–Trinajstić information content (AvgIpc) is 2.62. The summed E-state index contributed by atoms with van der Waals surface area (Å²) in [6, 6.07) is 9.15. The van der Waals surface area contributed by atoms with Gasteiger partial charge in [0.05, 0.1) is 11.6 Å². The Morgan fingerprint density at radius 3 is 2.57 bits per heavy atom. The zero-order chi connectivity index (χ0) is 20.7. The molecule has 0 aliphatic heterocycles. The lowest BCUT2D eigenvalue weighted by atomic mass is 10.0. The van der Waals surface area contributed by atoms with Crippen LogP contribution in [0, 0.1) is 11.7 Å². The number of ether oxygens (including phenoxy) is 2. The number of carbonyl (C=O) groups is 1. The Kier molecular flexibility index (Phi) is 8.08. The van der Waals surface area contributed by atoms with E-state index in [1.165, 1.54) is 12.1 Å². The average molecular weight is 410 g/mol. The molecule has 0 aromatic heterocycles. The minimum atomic E-state index is -0.887. The second-order valence-electron chi connectivity index (χ2n) is 6.64. The third-order valence-electron chi connectivity index (χ3n) is 4.20. The summed E-state index contributed by atoms with van der Waals surface area (Å²) in [5.41, 5.74) is 1.13. The Bertz CT molecular complexity index is 793. The molecule has 0 heterocycles. The number of halogens is 2. The van der Waals surface area contributed by atoms with E-state index in [4.69, 9.17) is 21.1 Å². The van der Waals surface area contributed by atoms with E-state index in [-0.39, 0.29) is 18.1 Å². The van der Waals surface area contributed by atoms with E-state index in [0.29, 0.717) is 29.7 Å². The minimum absolute atomic E-state index is 0.0301. The number of hydrogen-bond acceptors (Lipinski definition) is 4. The van der Waals surface area contributed by atoms with Gasteiger partial charge in [-0.3, -0.25) is 4.79 Å². The van der Waals surface area contributed by atoms with Crippen molar-refractivity contribution in [3.05, 3.63) is 58.4 Å². The summed E-state index contributed by atoms with van der Waals surface area (Å²) < 4.78 is 25.3. The SMILES string of the molecule is CCOc1cc(CNC(C(=O)O)C(C)C)ccc1OCc1c(F)cccc1Cl. The number of benzene rings is 2. The molecule has 0 fully saturated rings. The molecule has 2 aromatic rings. The monoisotopic (exact) mass is 409 g/mol. The molecular weight excluding hydrogens is 385 g/mol. The predicted octanol–water partition coefficient (Wildman–Crippen LogP) is 4.66. The Morgan fingerprint density at radius 2 is 1.96 bits per heavy atom. The van der Waals surface area contributed by atoms with Crippen molar-refractivity contribution >= 4 is 17.6 Å². The van der Waals surface area contributed by atoms with E-state index < -0.39 is 17.8 Å². The van der Waals surface area contributed by atoms with Gasteiger partial charge in [0.25, 0.3) is 0 Å². The van der Waals surface area contributed by atoms with E-state index in [1.54, 1.807) is 18.2 Å². The van der Waals surface area contributed by atoms with E-state index >= 15 is 0 Å². The molecule has 1 atom stereocenters. The number of hydrogen-bond donors (Lipinski definition) is 2. The third kappa shape index (κ3) is 5.84. The summed E-state index contributed by atoms with van der Waals surface area (Å²) in [6.07, 6.45) is 0. The summed E-state index contributed by atoms with van der Waals surface area (Å²) in [4.78, 5) is 11.3. The molecule has 2 rings (SSSR count). The van der Waals surface area contributed by atoms with Crippen LogP contribution in [0.3, 0.4) is 0 Å². The van der Waals surface area contributed by atoms with Gasteiger partial charge in [0.1, 0.15) is 18.5 Å². The molecule has 7 heteroatoms. The molecule has 152 valence electrons. The number of nitrogens with one attached hydrogen (secondary N) is 1. The highest BCUT2D eigenvalue weighted by Gasteiger charge is 2.20. The Morgan fingerprint density at radius 1 is 1.21 bits per heavy atom. The van der Waals surface area contributed by atoms with Crippen LogP contribution in [0.25, 0.3) is 0 Å². The van der Waals surface area contributed by atoms with Gasteiger partial charge in [0.2, 0.25) is 0 Å². The first-order valence-corrected chi connectivity index (χ1v) is 9.48. The van der Waals surface area contributed by atoms with Crippen LogP contribution < -0.4 is 14.8 Å². The molecule has 5 nitrogen and oxygen atoms in total. The fraction of sp³-hybridized carbons (Fsp3) is 0.381. The van der Waals surface area contributed by atoms with Crippen molar-refractivity contribution in [3.8, 4) is 11.5 Å². The molecule has 0 bridgehead atoms. The molecule has 0 aliphatic carbocycles. The van der Waals surface area contributed by atoms with Crippen LogP contribution in [0.15, 0.2) is 36.4 Å². The molecule has 0 amide bonds. The molecule has 2 N–H and O–H groups in total. The van der Waals surface area contributed by atoms with Gasteiger partial charge < -0.3 is 19.9 Å². The largest absolute Gasteiger partial charge is 0.490 e. The van der Waals surface area contributed by atoms with Gasteiger partial charge >= 0.3 is 5.97 Å². The molecule has 0 radical (unpaired) electrons. The van der Waals surface area contributed by atoms with Gasteiger partial charge in [-0.15, -0.1) is 0 Å². The van der Waals surface area contributed by atoms with Gasteiger partial charge in [0.15, 0.2) is 11.5 Å². The summed E-state index contributed by atoms with van der Waals surface area (Å²) in [7, 11) is 0. The number of rotatable bonds is 10. The summed E-state index contributed by atoms with van der Waals surface area (Å²) in [5.74, 6) is -0.396. The van der Waals surface area contributed by atoms with Crippen LogP contribution in [0.4, 0.5) is 4.39 Å². The molecular formula is C21H25ClFNO4. The first kappa shape index (κ1) is 22.0. The highest BCUT2D eigenvalue weighted by Crippen LogP contribution is 2.30. The van der Waals surface area contributed by atoms with Crippen LogP contribution >= 0.6 is 11.6 Å². The fourth-order valence-corrected chi connectivity index (χ4v) is 2.92. The second kappa shape index (κ2) is 10.3. The van der Waals surface area contributed by atoms with Gasteiger partial charge in [-0.25, -0.2) is 4.39 Å². The van der Waals surface area contributed by atoms with Gasteiger partial charge in [-0.05, 0) is 42.7 Å². The fourth-order valence-electron chi connectivity index (χ4n) is 2.71. The summed E-state index contributed by atoms with van der Waals surface area (Å²) >= 11 is 6.04. The van der Waals surface area contributed by atoms with E-state index in [9.17, 15) is 14.3 Å². The van der Waals surface area contributed by atoms with Crippen LogP contribution in [-0.4, -0.2) is 23.7 Å². The zero-order valence-corrected chi connectivity index (χ0v) is 16.9. The lowest BCUT2D eigenvalue weighted by molar-refractivity contribution is -0.140. The summed E-state index contributed by atoms with van der Waals surface area (Å²) in [5, 5.41) is 12.6. The Balaban J connectivity index is 2.12. The number of carboxylic acid groups (broad SMARTS) is 1. The van der Waals surface area contributed by atoms with Gasteiger partial charge in [-0.1, -0.05) is 37.6 Å². The van der Waals surface area contributed by atoms with Crippen molar-refractivity contribution in [2.24, 2.45) is 5.92 Å². The first-order valence-electron chi connectivity index (χ1n) is 9.11. The van der Waals surface area contributed by atoms with Crippen molar-refractivity contribution in [2.75, 3.05) is 6.61 Å². The van der Waals surface area contributed by atoms with E-state index in [2.05, 4.69) is 5.32 Å². The topological polar surface area (TPSA) is 67.8 Å². The lowest BCUT2D eigenvalue weighted by Gasteiger charge is -2.19. The molecule has 0 aliphatic rings. The van der Waals surface area contributed by atoms with Crippen molar-refractivity contribution in [1.82, 2.24) is 5.32 Å². The van der Waals surface area contributed by atoms with Crippen LogP contribution in [-0.2, 0) is 17.9 Å². The van der Waals surface area contributed by atoms with Gasteiger partial charge in [0, 0.05) is 12.1 Å². The maximum Gasteiger partial charge on any atom is 0.320 e. The summed E-state index contributed by atoms with van der Waals surface area (Å²) in [6.45, 7) is 6.32. The molecule has 0 saturated heterocycles. The van der Waals surface area contributed by atoms with Crippen LogP contribution in [0.1, 0.15) is 31.9 Å². The number of carboxylic acids is 1. The normalized spacial score (nSPS) is 12.1. The standard InChI is InChI=1S/C21H25ClFNO4/c1-4-27-19-10-14(11-24-20(13(2)3)21(25)26)8-9-18(19)28-12-15-16(22)6-5-7-17(15)23/h5-10,13,20,24H,4,11-12H2,1-3H3,(H,25,26). The molecule has 2 aromatic carbocycles. The van der Waals surface area contributed by atoms with Crippen molar-refractivity contribution in [1.29, 1.82) is 0 Å². The minimum Gasteiger partial charge on any atom is -0.490 e. The highest BCUT2D eigenvalue weighted by molar-refractivity contribution is 6.31.